The highest BCUT2D eigenvalue weighted by Gasteiger charge is 2.38. The van der Waals surface area contributed by atoms with Crippen molar-refractivity contribution in [1.29, 1.82) is 0 Å². The van der Waals surface area contributed by atoms with Crippen LogP contribution in [-0.2, 0) is 9.59 Å². The molecule has 32 heavy (non-hydrogen) atoms. The molecule has 170 valence electrons. The van der Waals surface area contributed by atoms with Crippen molar-refractivity contribution < 1.29 is 14.0 Å². The minimum atomic E-state index is -0.352. The van der Waals surface area contributed by atoms with E-state index < -0.39 is 0 Å². The Kier molecular flexibility index (Phi) is 6.96. The first-order valence-corrected chi connectivity index (χ1v) is 11.4. The molecule has 1 unspecified atom stereocenters. The molecule has 1 fully saturated rings. The van der Waals surface area contributed by atoms with E-state index in [9.17, 15) is 14.0 Å². The highest BCUT2D eigenvalue weighted by molar-refractivity contribution is 6.31. The smallest absolute Gasteiger partial charge is 0.239 e. The summed E-state index contributed by atoms with van der Waals surface area (Å²) in [4.78, 5) is 29.5. The van der Waals surface area contributed by atoms with Crippen LogP contribution in [0.3, 0.4) is 0 Å². The third-order valence-corrected chi connectivity index (χ3v) is 6.60. The number of carbonyl (C=O) groups is 2. The molecule has 0 saturated carbocycles. The highest BCUT2D eigenvalue weighted by atomic mass is 35.5. The Bertz CT molecular complexity index is 994. The monoisotopic (exact) mass is 458 g/mol. The number of fused-ring (bicyclic) bond motifs is 1. The van der Waals surface area contributed by atoms with E-state index in [1.54, 1.807) is 12.1 Å². The normalized spacial score (nSPS) is 18.5. The van der Waals surface area contributed by atoms with Crippen LogP contribution in [0, 0.1) is 5.82 Å². The number of anilines is 1. The standard InChI is InChI=1S/C24H28ClFN4O2/c25-17-5-6-19-20(14-30(22(19)13-17)15-23(31)28-10-9-27)24(32)29-11-7-16(8-12-29)18-3-1-2-4-21(18)26/h1-6,13,16,20H,7-12,14-15,27H2,(H,28,31). The molecule has 0 bridgehead atoms. The summed E-state index contributed by atoms with van der Waals surface area (Å²) in [5.41, 5.74) is 7.91. The first-order chi connectivity index (χ1) is 15.5. The fourth-order valence-corrected chi connectivity index (χ4v) is 4.91. The van der Waals surface area contributed by atoms with Crippen LogP contribution in [-0.4, -0.2) is 56.0 Å². The number of benzene rings is 2. The van der Waals surface area contributed by atoms with Crippen LogP contribution in [0.1, 0.15) is 35.8 Å². The fourth-order valence-electron chi connectivity index (χ4n) is 4.74. The van der Waals surface area contributed by atoms with Crippen LogP contribution >= 0.6 is 11.6 Å². The summed E-state index contributed by atoms with van der Waals surface area (Å²) in [5.74, 6) is -0.500. The minimum absolute atomic E-state index is 0.0467. The van der Waals surface area contributed by atoms with Crippen LogP contribution in [0.2, 0.25) is 5.02 Å². The highest BCUT2D eigenvalue weighted by Crippen LogP contribution is 2.40. The van der Waals surface area contributed by atoms with Crippen LogP contribution < -0.4 is 16.0 Å². The van der Waals surface area contributed by atoms with Gasteiger partial charge in [-0.15, -0.1) is 0 Å². The SMILES string of the molecule is NCCNC(=O)CN1CC(C(=O)N2CCC(c3ccccc3F)CC2)c2ccc(Cl)cc21. The molecule has 8 heteroatoms. The molecule has 0 aliphatic carbocycles. The van der Waals surface area contributed by atoms with Crippen molar-refractivity contribution in [3.63, 3.8) is 0 Å². The van der Waals surface area contributed by atoms with Gasteiger partial charge in [-0.25, -0.2) is 4.39 Å². The number of likely N-dealkylation sites (tertiary alicyclic amines) is 1. The maximum Gasteiger partial charge on any atom is 0.239 e. The predicted octanol–water partition coefficient (Wildman–Crippen LogP) is 2.86. The van der Waals surface area contributed by atoms with E-state index in [1.807, 2.05) is 34.1 Å². The van der Waals surface area contributed by atoms with Gasteiger partial charge < -0.3 is 20.9 Å². The third kappa shape index (κ3) is 4.74. The lowest BCUT2D eigenvalue weighted by Gasteiger charge is -2.34. The number of hydrogen-bond donors (Lipinski definition) is 2. The van der Waals surface area contributed by atoms with Crippen LogP contribution in [0.25, 0.3) is 0 Å². The summed E-state index contributed by atoms with van der Waals surface area (Å²) < 4.78 is 14.2. The molecule has 0 spiro atoms. The van der Waals surface area contributed by atoms with Gasteiger partial charge >= 0.3 is 0 Å². The molecule has 1 atom stereocenters. The van der Waals surface area contributed by atoms with Crippen molar-refractivity contribution in [3.05, 3.63) is 64.4 Å². The maximum absolute atomic E-state index is 14.2. The molecular formula is C24H28ClFN4O2. The molecule has 3 N–H and O–H groups in total. The van der Waals surface area contributed by atoms with E-state index >= 15 is 0 Å². The van der Waals surface area contributed by atoms with Gasteiger partial charge in [-0.3, -0.25) is 9.59 Å². The van der Waals surface area contributed by atoms with Gasteiger partial charge in [0.15, 0.2) is 0 Å². The van der Waals surface area contributed by atoms with Gasteiger partial charge in [0, 0.05) is 43.4 Å². The van der Waals surface area contributed by atoms with Crippen LogP contribution in [0.5, 0.6) is 0 Å². The fraction of sp³-hybridized carbons (Fsp3) is 0.417. The largest absolute Gasteiger partial charge is 0.361 e. The van der Waals surface area contributed by atoms with Crippen molar-refractivity contribution >= 4 is 29.1 Å². The average molecular weight is 459 g/mol. The topological polar surface area (TPSA) is 78.7 Å². The molecule has 1 saturated heterocycles. The molecule has 0 radical (unpaired) electrons. The summed E-state index contributed by atoms with van der Waals surface area (Å²) in [7, 11) is 0. The second-order valence-corrected chi connectivity index (χ2v) is 8.83. The Morgan fingerprint density at radius 3 is 2.59 bits per heavy atom. The second kappa shape index (κ2) is 9.88. The van der Waals surface area contributed by atoms with E-state index in [4.69, 9.17) is 17.3 Å². The Hall–Kier alpha value is -2.64. The molecular weight excluding hydrogens is 431 g/mol. The third-order valence-electron chi connectivity index (χ3n) is 6.36. The van der Waals surface area contributed by atoms with Gasteiger partial charge in [-0.2, -0.15) is 0 Å². The predicted molar refractivity (Wildman–Crippen MR) is 123 cm³/mol. The van der Waals surface area contributed by atoms with Gasteiger partial charge in [-0.05, 0) is 48.1 Å². The van der Waals surface area contributed by atoms with E-state index in [1.165, 1.54) is 6.07 Å². The Balaban J connectivity index is 1.45. The van der Waals surface area contributed by atoms with Crippen molar-refractivity contribution in [2.24, 2.45) is 5.73 Å². The van der Waals surface area contributed by atoms with Gasteiger partial charge in [0.05, 0.1) is 12.5 Å². The van der Waals surface area contributed by atoms with Crippen molar-refractivity contribution in [3.8, 4) is 0 Å². The quantitative estimate of drug-likeness (QED) is 0.697. The van der Waals surface area contributed by atoms with Crippen LogP contribution in [0.4, 0.5) is 10.1 Å². The number of amides is 2. The Morgan fingerprint density at radius 2 is 1.88 bits per heavy atom. The summed E-state index contributed by atoms with van der Waals surface area (Å²) >= 11 is 6.20. The minimum Gasteiger partial charge on any atom is -0.361 e. The molecule has 4 rings (SSSR count). The van der Waals surface area contributed by atoms with Crippen molar-refractivity contribution in [1.82, 2.24) is 10.2 Å². The number of carbonyl (C=O) groups excluding carboxylic acids is 2. The molecule has 2 aromatic rings. The average Bonchev–Trinajstić information content (AvgIpc) is 3.15. The van der Waals surface area contributed by atoms with Gasteiger partial charge in [0.2, 0.25) is 11.8 Å². The van der Waals surface area contributed by atoms with E-state index in [0.29, 0.717) is 37.7 Å². The molecule has 2 aliphatic rings. The molecule has 0 aromatic heterocycles. The number of nitrogens with one attached hydrogen (secondary N) is 1. The second-order valence-electron chi connectivity index (χ2n) is 8.40. The lowest BCUT2D eigenvalue weighted by Crippen LogP contribution is -2.43. The van der Waals surface area contributed by atoms with Crippen molar-refractivity contribution in [2.75, 3.05) is 44.2 Å². The lowest BCUT2D eigenvalue weighted by molar-refractivity contribution is -0.133. The summed E-state index contributed by atoms with van der Waals surface area (Å²) in [5, 5.41) is 3.34. The van der Waals surface area contributed by atoms with Gasteiger partial charge in [0.25, 0.3) is 0 Å². The zero-order valence-corrected chi connectivity index (χ0v) is 18.7. The molecule has 6 nitrogen and oxygen atoms in total. The number of nitrogens with two attached hydrogens (primary N) is 1. The number of piperidine rings is 1. The lowest BCUT2D eigenvalue weighted by atomic mass is 9.88. The molecule has 2 amide bonds. The molecule has 2 heterocycles. The van der Waals surface area contributed by atoms with E-state index in [2.05, 4.69) is 5.32 Å². The van der Waals surface area contributed by atoms with E-state index in [0.717, 1.165) is 29.7 Å². The first kappa shape index (κ1) is 22.6. The number of halogens is 2. The zero-order valence-electron chi connectivity index (χ0n) is 17.9. The zero-order chi connectivity index (χ0) is 22.7. The summed E-state index contributed by atoms with van der Waals surface area (Å²) in [6.07, 6.45) is 1.47. The summed E-state index contributed by atoms with van der Waals surface area (Å²) in [6.45, 7) is 2.54. The van der Waals surface area contributed by atoms with Gasteiger partial charge in [-0.1, -0.05) is 35.9 Å². The van der Waals surface area contributed by atoms with E-state index in [-0.39, 0.29) is 36.0 Å². The Labute approximate surface area is 192 Å². The number of nitrogens with zero attached hydrogens (tertiary/aromatic N) is 2. The van der Waals surface area contributed by atoms with Crippen LogP contribution in [0.15, 0.2) is 42.5 Å². The summed E-state index contributed by atoms with van der Waals surface area (Å²) in [6, 6.07) is 12.4. The number of hydrogen-bond acceptors (Lipinski definition) is 4. The van der Waals surface area contributed by atoms with Crippen molar-refractivity contribution in [2.45, 2.75) is 24.7 Å². The molecule has 2 aliphatic heterocycles. The number of rotatable bonds is 6. The Morgan fingerprint density at radius 1 is 1.12 bits per heavy atom. The molecule has 2 aromatic carbocycles. The van der Waals surface area contributed by atoms with Gasteiger partial charge in [0.1, 0.15) is 5.82 Å². The first-order valence-electron chi connectivity index (χ1n) is 11.0. The maximum atomic E-state index is 14.2.